The summed E-state index contributed by atoms with van der Waals surface area (Å²) in [5.74, 6) is -3.05. The Bertz CT molecular complexity index is 2730. The summed E-state index contributed by atoms with van der Waals surface area (Å²) in [5.41, 5.74) is 15.1. The number of carbonyl (C=O) groups excluding carboxylic acids is 4. The number of aliphatic carboxylic acids is 1. The molecule has 2 aromatic carbocycles. The molecule has 0 saturated heterocycles. The van der Waals surface area contributed by atoms with Gasteiger partial charge < -0.3 is 35.2 Å². The van der Waals surface area contributed by atoms with Crippen molar-refractivity contribution in [1.29, 1.82) is 0 Å². The van der Waals surface area contributed by atoms with Crippen LogP contribution in [0.5, 0.6) is 11.5 Å². The van der Waals surface area contributed by atoms with Crippen LogP contribution >= 0.6 is 0 Å². The molecule has 0 radical (unpaired) electrons. The van der Waals surface area contributed by atoms with Crippen LogP contribution in [0.2, 0.25) is 0 Å². The summed E-state index contributed by atoms with van der Waals surface area (Å²) in [7, 11) is 1.44. The number of hydrogen-bond acceptors (Lipinski definition) is 11. The highest BCUT2D eigenvalue weighted by Crippen LogP contribution is 2.37. The number of carboxylic acid groups (broad SMARTS) is 1. The van der Waals surface area contributed by atoms with E-state index in [1.807, 2.05) is 13.8 Å². The predicted octanol–water partition coefficient (Wildman–Crippen LogP) is 3.65. The Morgan fingerprint density at radius 2 is 1.20 bits per heavy atom. The van der Waals surface area contributed by atoms with Crippen LogP contribution in [0.25, 0.3) is 22.1 Å². The Morgan fingerprint density at radius 1 is 0.750 bits per heavy atom. The molecule has 4 aromatic heterocycles. The lowest BCUT2D eigenvalue weighted by Gasteiger charge is -2.32. The minimum Gasteiger partial charge on any atom is -0.494 e. The predicted molar refractivity (Wildman–Crippen MR) is 218 cm³/mol. The first-order valence-electron chi connectivity index (χ1n) is 19.2. The van der Waals surface area contributed by atoms with Gasteiger partial charge in [0.1, 0.15) is 40.0 Å². The molecule has 6 aromatic rings. The zero-order valence-corrected chi connectivity index (χ0v) is 33.6. The molecule has 0 unspecified atom stereocenters. The van der Waals surface area contributed by atoms with Crippen LogP contribution in [0.1, 0.15) is 79.8 Å². The SMILES string of the molecule is CCn1nc(C)cc1C(=O)Nc1nc2cc(C(N)=O)cc(OC)c2n1CC=CCn1c(NC(=O)c2cc(C)nn2CC)nc2cc(C(N)=O)cc(OC3CC(C(=O)O)C3)c21. The molecule has 1 fully saturated rings. The van der Waals surface area contributed by atoms with Crippen LogP contribution in [0.3, 0.4) is 0 Å². The summed E-state index contributed by atoms with van der Waals surface area (Å²) >= 11 is 0. The van der Waals surface area contributed by atoms with Gasteiger partial charge in [-0.15, -0.1) is 0 Å². The van der Waals surface area contributed by atoms with E-state index < -0.39 is 41.6 Å². The van der Waals surface area contributed by atoms with Gasteiger partial charge in [0.15, 0.2) is 0 Å². The summed E-state index contributed by atoms with van der Waals surface area (Å²) in [4.78, 5) is 73.0. The lowest BCUT2D eigenvalue weighted by atomic mass is 9.82. The number of nitrogens with one attached hydrogen (secondary N) is 2. The average molecular weight is 821 g/mol. The van der Waals surface area contributed by atoms with Gasteiger partial charge in [0.25, 0.3) is 11.8 Å². The number of anilines is 2. The number of primary amides is 2. The summed E-state index contributed by atoms with van der Waals surface area (Å²) in [6.07, 6.45) is 3.66. The van der Waals surface area contributed by atoms with E-state index >= 15 is 0 Å². The molecule has 0 aliphatic heterocycles. The van der Waals surface area contributed by atoms with E-state index in [1.54, 1.807) is 56.6 Å². The Hall–Kier alpha value is -7.51. The molecule has 20 heteroatoms. The maximum atomic E-state index is 13.7. The molecule has 1 aliphatic carbocycles. The first-order chi connectivity index (χ1) is 28.7. The van der Waals surface area contributed by atoms with Gasteiger partial charge in [-0.05, 0) is 76.9 Å². The van der Waals surface area contributed by atoms with Crippen molar-refractivity contribution in [3.05, 3.63) is 82.5 Å². The van der Waals surface area contributed by atoms with Crippen molar-refractivity contribution in [3.8, 4) is 11.5 Å². The van der Waals surface area contributed by atoms with Crippen molar-refractivity contribution < 1.29 is 38.6 Å². The highest BCUT2D eigenvalue weighted by atomic mass is 16.5. The molecule has 312 valence electrons. The second-order valence-corrected chi connectivity index (χ2v) is 14.3. The van der Waals surface area contributed by atoms with Gasteiger partial charge in [-0.25, -0.2) is 9.97 Å². The number of allylic oxidation sites excluding steroid dienone is 2. The van der Waals surface area contributed by atoms with Gasteiger partial charge in [-0.3, -0.25) is 44.0 Å². The number of nitrogens with two attached hydrogens (primary N) is 2. The highest BCUT2D eigenvalue weighted by molar-refractivity contribution is 6.05. The van der Waals surface area contributed by atoms with Gasteiger partial charge in [0.05, 0.1) is 35.4 Å². The molecule has 4 amide bonds. The number of fused-ring (bicyclic) bond motifs is 2. The number of amides is 4. The number of imidazole rings is 2. The third-order valence-corrected chi connectivity index (χ3v) is 10.2. The fourth-order valence-electron chi connectivity index (χ4n) is 7.21. The Balaban J connectivity index is 1.28. The van der Waals surface area contributed by atoms with Gasteiger partial charge in [0.2, 0.25) is 23.7 Å². The molecule has 0 atom stereocenters. The second-order valence-electron chi connectivity index (χ2n) is 14.3. The number of nitrogens with zero attached hydrogens (tertiary/aromatic N) is 8. The number of aryl methyl sites for hydroxylation is 4. The van der Waals surface area contributed by atoms with E-state index in [9.17, 15) is 29.1 Å². The van der Waals surface area contributed by atoms with Crippen LogP contribution in [0.4, 0.5) is 11.9 Å². The second kappa shape index (κ2) is 16.4. The quantitative estimate of drug-likeness (QED) is 0.0876. The molecule has 1 saturated carbocycles. The average Bonchev–Trinajstić information content (AvgIpc) is 3.95. The zero-order chi connectivity index (χ0) is 43.0. The normalized spacial score (nSPS) is 15.0. The zero-order valence-electron chi connectivity index (χ0n) is 33.6. The minimum atomic E-state index is -0.922. The molecule has 20 nitrogen and oxygen atoms in total. The number of carboxylic acids is 1. The fraction of sp³-hybridized carbons (Fsp3) is 0.325. The number of benzene rings is 2. The van der Waals surface area contributed by atoms with E-state index in [0.29, 0.717) is 57.9 Å². The Morgan fingerprint density at radius 3 is 1.62 bits per heavy atom. The van der Waals surface area contributed by atoms with Gasteiger partial charge in [-0.1, -0.05) is 12.2 Å². The number of methoxy groups -OCH3 is 1. The molecule has 4 heterocycles. The lowest BCUT2D eigenvalue weighted by Crippen LogP contribution is -2.38. The monoisotopic (exact) mass is 820 g/mol. The molecule has 60 heavy (non-hydrogen) atoms. The number of aromatic nitrogens is 8. The van der Waals surface area contributed by atoms with Crippen molar-refractivity contribution in [3.63, 3.8) is 0 Å². The van der Waals surface area contributed by atoms with Crippen molar-refractivity contribution in [2.24, 2.45) is 17.4 Å². The van der Waals surface area contributed by atoms with Crippen LogP contribution in [-0.4, -0.2) is 86.6 Å². The van der Waals surface area contributed by atoms with E-state index in [1.165, 1.54) is 31.4 Å². The van der Waals surface area contributed by atoms with Gasteiger partial charge in [-0.2, -0.15) is 10.2 Å². The van der Waals surface area contributed by atoms with Crippen molar-refractivity contribution >= 4 is 63.6 Å². The Labute approximate surface area is 342 Å². The largest absolute Gasteiger partial charge is 0.494 e. The third kappa shape index (κ3) is 7.85. The number of ether oxygens (including phenoxy) is 2. The maximum Gasteiger partial charge on any atom is 0.306 e. The first kappa shape index (κ1) is 40.7. The summed E-state index contributed by atoms with van der Waals surface area (Å²) in [6.45, 7) is 8.42. The maximum absolute atomic E-state index is 13.7. The molecule has 0 bridgehead atoms. The Kier molecular flexibility index (Phi) is 11.1. The summed E-state index contributed by atoms with van der Waals surface area (Å²) in [6, 6.07) is 9.30. The van der Waals surface area contributed by atoms with Crippen molar-refractivity contribution in [2.45, 2.75) is 72.8 Å². The number of carbonyl (C=O) groups is 5. The van der Waals surface area contributed by atoms with Crippen LogP contribution in [-0.2, 0) is 31.0 Å². The van der Waals surface area contributed by atoms with E-state index in [0.717, 1.165) is 0 Å². The summed E-state index contributed by atoms with van der Waals surface area (Å²) in [5, 5.41) is 24.0. The van der Waals surface area contributed by atoms with E-state index in [2.05, 4.69) is 25.8 Å². The molecule has 7 N–H and O–H groups in total. The van der Waals surface area contributed by atoms with Crippen LogP contribution in [0.15, 0.2) is 48.6 Å². The lowest BCUT2D eigenvalue weighted by molar-refractivity contribution is -0.147. The molecule has 0 spiro atoms. The fourth-order valence-corrected chi connectivity index (χ4v) is 7.21. The first-order valence-corrected chi connectivity index (χ1v) is 19.2. The highest BCUT2D eigenvalue weighted by Gasteiger charge is 2.37. The third-order valence-electron chi connectivity index (χ3n) is 10.2. The van der Waals surface area contributed by atoms with Crippen LogP contribution in [0, 0.1) is 19.8 Å². The topological polar surface area (TPSA) is 271 Å². The van der Waals surface area contributed by atoms with Crippen molar-refractivity contribution in [2.75, 3.05) is 17.7 Å². The minimum absolute atomic E-state index is 0.0963. The van der Waals surface area contributed by atoms with Crippen molar-refractivity contribution in [1.82, 2.24) is 38.7 Å². The van der Waals surface area contributed by atoms with E-state index in [-0.39, 0.29) is 60.5 Å². The molecule has 7 rings (SSSR count). The number of hydrogen-bond donors (Lipinski definition) is 5. The van der Waals surface area contributed by atoms with Gasteiger partial charge in [0, 0.05) is 37.3 Å². The van der Waals surface area contributed by atoms with Crippen LogP contribution < -0.4 is 31.6 Å². The molecule has 1 aliphatic rings. The molecular weight excluding hydrogens is 777 g/mol. The number of rotatable bonds is 16. The molecular formula is C40H44N12O8. The standard InChI is InChI=1S/C40H44N12O8/c1-6-51-28(12-20(3)47-51)36(55)45-39-43-26-16-22(34(41)53)18-30(59-5)32(26)49(39)10-8-9-11-50-33-27(44-40(50)46-37(56)29-13-21(4)48-52(29)7-2)17-23(35(42)54)19-31(33)60-25-14-24(15-25)38(57)58/h8-9,12-13,16-19,24-25H,6-7,10-11,14-15H2,1-5H3,(H2,41,53)(H2,42,54)(H,57,58)(H,43,45,55)(H,44,46,56). The summed E-state index contributed by atoms with van der Waals surface area (Å²) < 4.78 is 18.5. The smallest absolute Gasteiger partial charge is 0.306 e. The van der Waals surface area contributed by atoms with Gasteiger partial charge >= 0.3 is 5.97 Å². The van der Waals surface area contributed by atoms with E-state index in [4.69, 9.17) is 25.9 Å².